The summed E-state index contributed by atoms with van der Waals surface area (Å²) in [5.41, 5.74) is 3.34. The van der Waals surface area contributed by atoms with Crippen LogP contribution in [0.5, 0.6) is 0 Å². The molecule has 0 saturated carbocycles. The van der Waals surface area contributed by atoms with Gasteiger partial charge in [0.15, 0.2) is 16.1 Å². The number of amides is 2. The van der Waals surface area contributed by atoms with Crippen molar-refractivity contribution in [2.75, 3.05) is 11.1 Å². The van der Waals surface area contributed by atoms with Crippen molar-refractivity contribution in [3.63, 3.8) is 0 Å². The van der Waals surface area contributed by atoms with Crippen LogP contribution in [0.25, 0.3) is 11.3 Å². The molecule has 8 nitrogen and oxygen atoms in total. The molecule has 2 amide bonds. The van der Waals surface area contributed by atoms with Gasteiger partial charge in [-0.1, -0.05) is 58.0 Å². The maximum Gasteiger partial charge on any atom is 0.251 e. The Hall–Kier alpha value is -3.02. The van der Waals surface area contributed by atoms with E-state index in [2.05, 4.69) is 41.7 Å². The molecule has 0 aliphatic rings. The van der Waals surface area contributed by atoms with Gasteiger partial charge in [0.2, 0.25) is 5.91 Å². The van der Waals surface area contributed by atoms with Gasteiger partial charge in [-0.25, -0.2) is 4.98 Å². The van der Waals surface area contributed by atoms with Crippen LogP contribution in [0.1, 0.15) is 28.7 Å². The van der Waals surface area contributed by atoms with Crippen LogP contribution in [0.15, 0.2) is 63.5 Å². The SMILES string of the molecule is CCn1c(CNC(=O)c2ccccc2C)nnc1SCC(=O)Nc1nc(-c2ccc(Br)cc2)cs1. The highest BCUT2D eigenvalue weighted by Crippen LogP contribution is 2.26. The molecule has 2 heterocycles. The number of nitrogens with one attached hydrogen (secondary N) is 2. The van der Waals surface area contributed by atoms with Crippen molar-refractivity contribution in [3.8, 4) is 11.3 Å². The lowest BCUT2D eigenvalue weighted by Gasteiger charge is -2.09. The summed E-state index contributed by atoms with van der Waals surface area (Å²) in [5, 5.41) is 17.3. The van der Waals surface area contributed by atoms with Crippen molar-refractivity contribution in [3.05, 3.63) is 75.3 Å². The zero-order chi connectivity index (χ0) is 24.8. The van der Waals surface area contributed by atoms with Crippen LogP contribution in [0.2, 0.25) is 0 Å². The van der Waals surface area contributed by atoms with Crippen molar-refractivity contribution in [2.45, 2.75) is 32.1 Å². The third-order valence-corrected chi connectivity index (χ3v) is 7.38. The lowest BCUT2D eigenvalue weighted by Crippen LogP contribution is -2.25. The largest absolute Gasteiger partial charge is 0.345 e. The van der Waals surface area contributed by atoms with E-state index in [1.165, 1.54) is 23.1 Å². The van der Waals surface area contributed by atoms with Gasteiger partial charge >= 0.3 is 0 Å². The summed E-state index contributed by atoms with van der Waals surface area (Å²) in [7, 11) is 0. The van der Waals surface area contributed by atoms with E-state index in [-0.39, 0.29) is 24.1 Å². The quantitative estimate of drug-likeness (QED) is 0.270. The molecule has 0 atom stereocenters. The number of rotatable bonds is 9. The van der Waals surface area contributed by atoms with Gasteiger partial charge in [-0.3, -0.25) is 9.59 Å². The Balaban J connectivity index is 1.32. The first-order chi connectivity index (χ1) is 16.9. The maximum absolute atomic E-state index is 12.5. The van der Waals surface area contributed by atoms with Gasteiger partial charge in [0.05, 0.1) is 18.0 Å². The van der Waals surface area contributed by atoms with E-state index < -0.39 is 0 Å². The number of halogens is 1. The number of aromatic nitrogens is 4. The summed E-state index contributed by atoms with van der Waals surface area (Å²) in [4.78, 5) is 29.5. The molecule has 0 fully saturated rings. The summed E-state index contributed by atoms with van der Waals surface area (Å²) in [6, 6.07) is 15.3. The van der Waals surface area contributed by atoms with Crippen LogP contribution < -0.4 is 10.6 Å². The van der Waals surface area contributed by atoms with E-state index in [4.69, 9.17) is 0 Å². The Labute approximate surface area is 219 Å². The van der Waals surface area contributed by atoms with Gasteiger partial charge in [-0.05, 0) is 37.6 Å². The van der Waals surface area contributed by atoms with Gasteiger partial charge in [-0.15, -0.1) is 21.5 Å². The molecule has 0 unspecified atom stereocenters. The zero-order valence-electron chi connectivity index (χ0n) is 19.1. The Morgan fingerprint density at radius 2 is 1.89 bits per heavy atom. The smallest absolute Gasteiger partial charge is 0.251 e. The topological polar surface area (TPSA) is 102 Å². The van der Waals surface area contributed by atoms with Crippen molar-refractivity contribution in [2.24, 2.45) is 0 Å². The lowest BCUT2D eigenvalue weighted by molar-refractivity contribution is -0.113. The Bertz CT molecular complexity index is 1340. The third-order valence-electron chi connectivity index (χ3n) is 5.13. The number of nitrogens with zero attached hydrogens (tertiary/aromatic N) is 4. The summed E-state index contributed by atoms with van der Waals surface area (Å²) in [6.07, 6.45) is 0. The first kappa shape index (κ1) is 25.1. The number of carbonyl (C=O) groups excluding carboxylic acids is 2. The number of anilines is 1. The molecule has 2 N–H and O–H groups in total. The minimum absolute atomic E-state index is 0.159. The zero-order valence-corrected chi connectivity index (χ0v) is 22.3. The predicted octanol–water partition coefficient (Wildman–Crippen LogP) is 5.15. The second-order valence-corrected chi connectivity index (χ2v) is 10.2. The molecule has 0 saturated heterocycles. The summed E-state index contributed by atoms with van der Waals surface area (Å²) in [6.45, 7) is 4.74. The molecule has 2 aromatic heterocycles. The second-order valence-electron chi connectivity index (χ2n) is 7.52. The molecule has 0 spiro atoms. The first-order valence-electron chi connectivity index (χ1n) is 10.8. The minimum atomic E-state index is -0.174. The highest BCUT2D eigenvalue weighted by molar-refractivity contribution is 9.10. The van der Waals surface area contributed by atoms with Crippen LogP contribution in [-0.2, 0) is 17.9 Å². The lowest BCUT2D eigenvalue weighted by atomic mass is 10.1. The molecule has 4 aromatic rings. The van der Waals surface area contributed by atoms with E-state index in [1.54, 1.807) is 6.07 Å². The monoisotopic (exact) mass is 570 g/mol. The number of thiazole rings is 1. The molecular weight excluding hydrogens is 548 g/mol. The Morgan fingerprint density at radius 1 is 1.11 bits per heavy atom. The van der Waals surface area contributed by atoms with Crippen molar-refractivity contribution in [1.82, 2.24) is 25.1 Å². The minimum Gasteiger partial charge on any atom is -0.345 e. The average molecular weight is 572 g/mol. The second kappa shape index (κ2) is 11.6. The highest BCUT2D eigenvalue weighted by Gasteiger charge is 2.16. The number of thioether (sulfide) groups is 1. The van der Waals surface area contributed by atoms with Crippen LogP contribution in [0.3, 0.4) is 0 Å². The van der Waals surface area contributed by atoms with E-state index in [1.807, 2.05) is 66.3 Å². The molecule has 0 aliphatic heterocycles. The fourth-order valence-electron chi connectivity index (χ4n) is 3.33. The third kappa shape index (κ3) is 6.36. The molecule has 4 rings (SSSR count). The Kier molecular flexibility index (Phi) is 8.32. The van der Waals surface area contributed by atoms with E-state index in [0.29, 0.717) is 28.2 Å². The standard InChI is InChI=1S/C24H23BrN6O2S2/c1-3-31-20(12-26-22(33)18-7-5-4-6-15(18)2)29-30-24(31)35-14-21(32)28-23-27-19(13-34-23)16-8-10-17(25)11-9-16/h4-11,13H,3,12,14H2,1-2H3,(H,26,33)(H,27,28,32). The van der Waals surface area contributed by atoms with Crippen molar-refractivity contribution < 1.29 is 9.59 Å². The summed E-state index contributed by atoms with van der Waals surface area (Å²) < 4.78 is 2.89. The summed E-state index contributed by atoms with van der Waals surface area (Å²) >= 11 is 6.10. The molecule has 180 valence electrons. The first-order valence-corrected chi connectivity index (χ1v) is 13.5. The normalized spacial score (nSPS) is 10.8. The fraction of sp³-hybridized carbons (Fsp3) is 0.208. The van der Waals surface area contributed by atoms with Gasteiger partial charge in [0.25, 0.3) is 5.91 Å². The molecule has 0 aliphatic carbocycles. The van der Waals surface area contributed by atoms with Crippen LogP contribution in [0, 0.1) is 6.92 Å². The van der Waals surface area contributed by atoms with Crippen LogP contribution >= 0.6 is 39.0 Å². The molecular formula is C24H23BrN6O2S2. The highest BCUT2D eigenvalue weighted by atomic mass is 79.9. The maximum atomic E-state index is 12.5. The van der Waals surface area contributed by atoms with Crippen LogP contribution in [-0.4, -0.2) is 37.3 Å². The fourth-order valence-corrected chi connectivity index (χ4v) is 5.15. The molecule has 11 heteroatoms. The molecule has 0 radical (unpaired) electrons. The number of hydrogen-bond donors (Lipinski definition) is 2. The van der Waals surface area contributed by atoms with Gasteiger partial charge in [-0.2, -0.15) is 0 Å². The molecule has 2 aromatic carbocycles. The molecule has 35 heavy (non-hydrogen) atoms. The average Bonchev–Trinajstić information content (AvgIpc) is 3.48. The summed E-state index contributed by atoms with van der Waals surface area (Å²) in [5.74, 6) is 0.470. The van der Waals surface area contributed by atoms with Crippen molar-refractivity contribution in [1.29, 1.82) is 0 Å². The van der Waals surface area contributed by atoms with E-state index >= 15 is 0 Å². The van der Waals surface area contributed by atoms with Gasteiger partial charge in [0.1, 0.15) is 0 Å². The number of hydrogen-bond acceptors (Lipinski definition) is 7. The number of aryl methyl sites for hydroxylation is 1. The predicted molar refractivity (Wildman–Crippen MR) is 143 cm³/mol. The van der Waals surface area contributed by atoms with Gasteiger partial charge < -0.3 is 15.2 Å². The molecule has 0 bridgehead atoms. The number of carbonyl (C=O) groups is 2. The number of benzene rings is 2. The van der Waals surface area contributed by atoms with E-state index in [9.17, 15) is 9.59 Å². The van der Waals surface area contributed by atoms with E-state index in [0.717, 1.165) is 21.3 Å². The van der Waals surface area contributed by atoms with Crippen molar-refractivity contribution >= 4 is 56.0 Å². The van der Waals surface area contributed by atoms with Crippen LogP contribution in [0.4, 0.5) is 5.13 Å². The Morgan fingerprint density at radius 3 is 2.63 bits per heavy atom. The van der Waals surface area contributed by atoms with Gasteiger partial charge in [0, 0.05) is 27.5 Å².